The third-order valence-electron chi connectivity index (χ3n) is 4.34. The second-order valence-electron chi connectivity index (χ2n) is 6.26. The van der Waals surface area contributed by atoms with Crippen LogP contribution < -0.4 is 5.32 Å². The standard InChI is InChI=1S/C20H26N2O3S/c1-5-17-9-7-8-16(4)20(17)21-19(23)14-22(6-2)26(24,25)18-12-10-15(3)11-13-18/h7-13H,5-6,14H2,1-4H3,(H,21,23). The topological polar surface area (TPSA) is 66.5 Å². The molecule has 0 aliphatic heterocycles. The molecule has 0 heterocycles. The molecule has 0 unspecified atom stereocenters. The fourth-order valence-corrected chi connectivity index (χ4v) is 4.17. The smallest absolute Gasteiger partial charge is 0.243 e. The highest BCUT2D eigenvalue weighted by Gasteiger charge is 2.25. The first-order chi connectivity index (χ1) is 12.3. The molecule has 0 atom stereocenters. The molecule has 6 heteroatoms. The zero-order valence-electron chi connectivity index (χ0n) is 15.7. The van der Waals surface area contributed by atoms with Crippen LogP contribution in [0.1, 0.15) is 30.5 Å². The summed E-state index contributed by atoms with van der Waals surface area (Å²) >= 11 is 0. The number of hydrogen-bond donors (Lipinski definition) is 1. The van der Waals surface area contributed by atoms with Crippen molar-refractivity contribution < 1.29 is 13.2 Å². The number of nitrogens with one attached hydrogen (secondary N) is 1. The van der Waals surface area contributed by atoms with Crippen LogP contribution in [0.3, 0.4) is 0 Å². The maximum Gasteiger partial charge on any atom is 0.243 e. The predicted octanol–water partition coefficient (Wildman–Crippen LogP) is 3.52. The van der Waals surface area contributed by atoms with Crippen molar-refractivity contribution in [1.82, 2.24) is 4.31 Å². The normalized spacial score (nSPS) is 11.6. The number of para-hydroxylation sites is 1. The van der Waals surface area contributed by atoms with Crippen molar-refractivity contribution in [3.8, 4) is 0 Å². The summed E-state index contributed by atoms with van der Waals surface area (Å²) in [6.07, 6.45) is 0.788. The first-order valence-corrected chi connectivity index (χ1v) is 10.2. The van der Waals surface area contributed by atoms with Gasteiger partial charge in [-0.1, -0.05) is 49.7 Å². The third-order valence-corrected chi connectivity index (χ3v) is 6.27. The minimum atomic E-state index is -3.71. The van der Waals surface area contributed by atoms with Gasteiger partial charge in [0.25, 0.3) is 0 Å². The van der Waals surface area contributed by atoms with Crippen molar-refractivity contribution in [2.75, 3.05) is 18.4 Å². The highest BCUT2D eigenvalue weighted by Crippen LogP contribution is 2.22. The molecule has 140 valence electrons. The molecule has 2 aromatic carbocycles. The van der Waals surface area contributed by atoms with Gasteiger partial charge in [-0.3, -0.25) is 4.79 Å². The number of rotatable bonds is 7. The van der Waals surface area contributed by atoms with E-state index in [-0.39, 0.29) is 23.9 Å². The average molecular weight is 375 g/mol. The Bertz CT molecular complexity index is 874. The third kappa shape index (κ3) is 4.51. The second kappa shape index (κ2) is 8.47. The summed E-state index contributed by atoms with van der Waals surface area (Å²) < 4.78 is 26.8. The van der Waals surface area contributed by atoms with E-state index in [0.717, 1.165) is 28.8 Å². The molecule has 2 rings (SSSR count). The summed E-state index contributed by atoms with van der Waals surface area (Å²) in [5.41, 5.74) is 3.74. The SMILES string of the molecule is CCc1cccc(C)c1NC(=O)CN(CC)S(=O)(=O)c1ccc(C)cc1. The van der Waals surface area contributed by atoms with Crippen LogP contribution in [-0.4, -0.2) is 31.7 Å². The van der Waals surface area contributed by atoms with Crippen molar-refractivity contribution in [2.24, 2.45) is 0 Å². The molecule has 0 radical (unpaired) electrons. The van der Waals surface area contributed by atoms with Crippen LogP contribution in [0.4, 0.5) is 5.69 Å². The largest absolute Gasteiger partial charge is 0.324 e. The number of benzene rings is 2. The van der Waals surface area contributed by atoms with Gasteiger partial charge in [0.1, 0.15) is 0 Å². The fraction of sp³-hybridized carbons (Fsp3) is 0.350. The molecule has 5 nitrogen and oxygen atoms in total. The van der Waals surface area contributed by atoms with E-state index in [9.17, 15) is 13.2 Å². The van der Waals surface area contributed by atoms with Crippen LogP contribution in [-0.2, 0) is 21.2 Å². The highest BCUT2D eigenvalue weighted by molar-refractivity contribution is 7.89. The maximum absolute atomic E-state index is 12.8. The molecule has 2 aromatic rings. The van der Waals surface area contributed by atoms with Gasteiger partial charge in [-0.2, -0.15) is 4.31 Å². The van der Waals surface area contributed by atoms with Crippen molar-refractivity contribution in [3.63, 3.8) is 0 Å². The molecule has 26 heavy (non-hydrogen) atoms. The summed E-state index contributed by atoms with van der Waals surface area (Å²) in [5, 5.41) is 2.88. The summed E-state index contributed by atoms with van der Waals surface area (Å²) in [6, 6.07) is 12.5. The second-order valence-corrected chi connectivity index (χ2v) is 8.19. The van der Waals surface area contributed by atoms with Gasteiger partial charge in [-0.15, -0.1) is 0 Å². The molecule has 0 fully saturated rings. The Labute approximate surface area is 156 Å². The highest BCUT2D eigenvalue weighted by atomic mass is 32.2. The molecule has 0 bridgehead atoms. The number of hydrogen-bond acceptors (Lipinski definition) is 3. The van der Waals surface area contributed by atoms with Crippen molar-refractivity contribution in [2.45, 2.75) is 39.0 Å². The molecule has 0 saturated carbocycles. The minimum absolute atomic E-state index is 0.197. The van der Waals surface area contributed by atoms with Gasteiger partial charge in [0.2, 0.25) is 15.9 Å². The van der Waals surface area contributed by atoms with Gasteiger partial charge < -0.3 is 5.32 Å². The Balaban J connectivity index is 2.20. The van der Waals surface area contributed by atoms with Gasteiger partial charge in [-0.25, -0.2) is 8.42 Å². The van der Waals surface area contributed by atoms with E-state index < -0.39 is 10.0 Å². The molecule has 0 aliphatic rings. The summed E-state index contributed by atoms with van der Waals surface area (Å²) in [6.45, 7) is 7.57. The zero-order valence-corrected chi connectivity index (χ0v) is 16.6. The Morgan fingerprint density at radius 2 is 1.69 bits per heavy atom. The number of carbonyl (C=O) groups excluding carboxylic acids is 1. The monoisotopic (exact) mass is 374 g/mol. The number of aryl methyl sites for hydroxylation is 3. The molecule has 1 N–H and O–H groups in total. The van der Waals surface area contributed by atoms with Crippen LogP contribution in [0.5, 0.6) is 0 Å². The van der Waals surface area contributed by atoms with Gasteiger partial charge in [0.05, 0.1) is 11.4 Å². The van der Waals surface area contributed by atoms with E-state index in [2.05, 4.69) is 5.32 Å². The van der Waals surface area contributed by atoms with E-state index in [1.54, 1.807) is 31.2 Å². The fourth-order valence-electron chi connectivity index (χ4n) is 2.77. The minimum Gasteiger partial charge on any atom is -0.324 e. The van der Waals surface area contributed by atoms with E-state index >= 15 is 0 Å². The number of likely N-dealkylation sites (N-methyl/N-ethyl adjacent to an activating group) is 1. The maximum atomic E-state index is 12.8. The lowest BCUT2D eigenvalue weighted by atomic mass is 10.1. The lowest BCUT2D eigenvalue weighted by Gasteiger charge is -2.21. The first kappa shape index (κ1) is 20.1. The Morgan fingerprint density at radius 3 is 2.27 bits per heavy atom. The summed E-state index contributed by atoms with van der Waals surface area (Å²) in [4.78, 5) is 12.7. The molecule has 1 amide bonds. The van der Waals surface area contributed by atoms with Crippen molar-refractivity contribution in [3.05, 3.63) is 59.2 Å². The van der Waals surface area contributed by atoms with E-state index in [0.29, 0.717) is 0 Å². The van der Waals surface area contributed by atoms with E-state index in [1.807, 2.05) is 39.0 Å². The Kier molecular flexibility index (Phi) is 6.56. The molecular weight excluding hydrogens is 348 g/mol. The lowest BCUT2D eigenvalue weighted by molar-refractivity contribution is -0.116. The van der Waals surface area contributed by atoms with Crippen LogP contribution >= 0.6 is 0 Å². The van der Waals surface area contributed by atoms with Crippen LogP contribution in [0.15, 0.2) is 47.4 Å². The number of anilines is 1. The number of sulfonamides is 1. The predicted molar refractivity (Wildman–Crippen MR) is 105 cm³/mol. The quantitative estimate of drug-likeness (QED) is 0.806. The molecule has 0 aromatic heterocycles. The summed E-state index contributed by atoms with van der Waals surface area (Å²) in [7, 11) is -3.71. The van der Waals surface area contributed by atoms with E-state index in [1.165, 1.54) is 4.31 Å². The Morgan fingerprint density at radius 1 is 1.04 bits per heavy atom. The first-order valence-electron chi connectivity index (χ1n) is 8.74. The zero-order chi connectivity index (χ0) is 19.3. The van der Waals surface area contributed by atoms with Crippen LogP contribution in [0.2, 0.25) is 0 Å². The molecule has 0 saturated heterocycles. The van der Waals surface area contributed by atoms with Gasteiger partial charge in [0, 0.05) is 12.2 Å². The number of carbonyl (C=O) groups is 1. The molecule has 0 aliphatic carbocycles. The Hall–Kier alpha value is -2.18. The van der Waals surface area contributed by atoms with Gasteiger partial charge in [0.15, 0.2) is 0 Å². The summed E-state index contributed by atoms with van der Waals surface area (Å²) in [5.74, 6) is -0.341. The van der Waals surface area contributed by atoms with E-state index in [4.69, 9.17) is 0 Å². The average Bonchev–Trinajstić information content (AvgIpc) is 2.61. The lowest BCUT2D eigenvalue weighted by Crippen LogP contribution is -2.38. The number of nitrogens with zero attached hydrogens (tertiary/aromatic N) is 1. The van der Waals surface area contributed by atoms with Gasteiger partial charge in [-0.05, 0) is 43.5 Å². The number of amides is 1. The van der Waals surface area contributed by atoms with Crippen molar-refractivity contribution >= 4 is 21.6 Å². The molecule has 0 spiro atoms. The van der Waals surface area contributed by atoms with Crippen LogP contribution in [0.25, 0.3) is 0 Å². The van der Waals surface area contributed by atoms with Gasteiger partial charge >= 0.3 is 0 Å². The molecular formula is C20H26N2O3S. The van der Waals surface area contributed by atoms with Crippen LogP contribution in [0, 0.1) is 13.8 Å². The van der Waals surface area contributed by atoms with Crippen molar-refractivity contribution in [1.29, 1.82) is 0 Å².